The summed E-state index contributed by atoms with van der Waals surface area (Å²) < 4.78 is 1.76. The van der Waals surface area contributed by atoms with Gasteiger partial charge in [0.25, 0.3) is 5.91 Å². The van der Waals surface area contributed by atoms with E-state index >= 15 is 0 Å². The van der Waals surface area contributed by atoms with E-state index in [1.807, 2.05) is 92.6 Å². The predicted molar refractivity (Wildman–Crippen MR) is 134 cm³/mol. The van der Waals surface area contributed by atoms with Crippen molar-refractivity contribution in [2.75, 3.05) is 29.6 Å². The number of hydrogen-bond donors (Lipinski definition) is 2. The fraction of sp³-hybridized carbons (Fsp3) is 0.154. The van der Waals surface area contributed by atoms with Crippen molar-refractivity contribution in [2.45, 2.75) is 13.0 Å². The minimum absolute atomic E-state index is 0.205. The zero-order valence-corrected chi connectivity index (χ0v) is 19.2. The van der Waals surface area contributed by atoms with Crippen molar-refractivity contribution in [2.24, 2.45) is 0 Å². The molecule has 1 unspecified atom stereocenters. The summed E-state index contributed by atoms with van der Waals surface area (Å²) in [6, 6.07) is 20.8. The number of nitrogens with one attached hydrogen (secondary N) is 2. The van der Waals surface area contributed by atoms with E-state index in [1.54, 1.807) is 17.1 Å². The molecular weight excluding hydrogens is 426 g/mol. The molecule has 5 rings (SSSR count). The Hall–Kier alpha value is -4.46. The molecule has 1 atom stereocenters. The van der Waals surface area contributed by atoms with Crippen molar-refractivity contribution in [1.29, 1.82) is 0 Å². The molecule has 2 aromatic carbocycles. The topological polar surface area (TPSA) is 88.0 Å². The maximum absolute atomic E-state index is 13.5. The number of benzene rings is 2. The van der Waals surface area contributed by atoms with Gasteiger partial charge in [0, 0.05) is 49.1 Å². The minimum atomic E-state index is -0.476. The molecule has 170 valence electrons. The number of allylic oxidation sites excluding steroid dienone is 1. The molecular formula is C26H25N7O. The number of pyridine rings is 1. The van der Waals surface area contributed by atoms with Gasteiger partial charge < -0.3 is 15.5 Å². The van der Waals surface area contributed by atoms with Crippen LogP contribution in [0.2, 0.25) is 0 Å². The van der Waals surface area contributed by atoms with Crippen LogP contribution in [-0.2, 0) is 4.79 Å². The Labute approximate surface area is 198 Å². The van der Waals surface area contributed by atoms with E-state index in [-0.39, 0.29) is 5.91 Å². The normalized spacial score (nSPS) is 14.9. The molecule has 0 fully saturated rings. The number of hydrogen-bond acceptors (Lipinski definition) is 6. The van der Waals surface area contributed by atoms with Crippen LogP contribution in [0.15, 0.2) is 90.4 Å². The highest BCUT2D eigenvalue weighted by Crippen LogP contribution is 2.36. The van der Waals surface area contributed by atoms with Gasteiger partial charge in [-0.05, 0) is 55.0 Å². The monoisotopic (exact) mass is 451 g/mol. The molecule has 1 amide bonds. The molecule has 3 heterocycles. The predicted octanol–water partition coefficient (Wildman–Crippen LogP) is 4.33. The average molecular weight is 452 g/mol. The van der Waals surface area contributed by atoms with Crippen molar-refractivity contribution in [1.82, 2.24) is 19.7 Å². The van der Waals surface area contributed by atoms with Crippen LogP contribution >= 0.6 is 0 Å². The number of carbonyl (C=O) groups is 1. The molecule has 2 aromatic heterocycles. The largest absolute Gasteiger partial charge is 0.378 e. The van der Waals surface area contributed by atoms with Crippen molar-refractivity contribution in [3.8, 4) is 11.4 Å². The molecule has 0 aliphatic carbocycles. The van der Waals surface area contributed by atoms with Crippen LogP contribution in [0, 0.1) is 0 Å². The molecule has 0 spiro atoms. The van der Waals surface area contributed by atoms with E-state index in [9.17, 15) is 4.79 Å². The van der Waals surface area contributed by atoms with Gasteiger partial charge in [0.05, 0.1) is 5.57 Å². The van der Waals surface area contributed by atoms with E-state index in [1.165, 1.54) is 0 Å². The summed E-state index contributed by atoms with van der Waals surface area (Å²) in [6.07, 6.45) is 3.47. The number of carbonyl (C=O) groups excluding carboxylic acids is 1. The van der Waals surface area contributed by atoms with Crippen LogP contribution < -0.4 is 15.5 Å². The van der Waals surface area contributed by atoms with Crippen molar-refractivity contribution in [3.63, 3.8) is 0 Å². The smallest absolute Gasteiger partial charge is 0.255 e. The maximum atomic E-state index is 13.5. The lowest BCUT2D eigenvalue weighted by molar-refractivity contribution is -0.113. The van der Waals surface area contributed by atoms with E-state index < -0.39 is 6.04 Å². The number of aromatic nitrogens is 4. The van der Waals surface area contributed by atoms with E-state index in [0.29, 0.717) is 17.3 Å². The molecule has 2 N–H and O–H groups in total. The van der Waals surface area contributed by atoms with Gasteiger partial charge in [-0.3, -0.25) is 9.78 Å². The molecule has 34 heavy (non-hydrogen) atoms. The van der Waals surface area contributed by atoms with Gasteiger partial charge in [0.1, 0.15) is 6.04 Å². The first-order chi connectivity index (χ1) is 16.5. The van der Waals surface area contributed by atoms with E-state index in [4.69, 9.17) is 10.1 Å². The van der Waals surface area contributed by atoms with Gasteiger partial charge in [-0.1, -0.05) is 24.3 Å². The summed E-state index contributed by atoms with van der Waals surface area (Å²) in [7, 11) is 4.00. The lowest BCUT2D eigenvalue weighted by Gasteiger charge is -2.28. The summed E-state index contributed by atoms with van der Waals surface area (Å²) in [5.41, 5.74) is 4.84. The highest BCUT2D eigenvalue weighted by Gasteiger charge is 2.34. The first-order valence-corrected chi connectivity index (χ1v) is 11.0. The second-order valence-electron chi connectivity index (χ2n) is 8.32. The quantitative estimate of drug-likeness (QED) is 0.470. The first kappa shape index (κ1) is 21.4. The number of amides is 1. The van der Waals surface area contributed by atoms with E-state index in [2.05, 4.69) is 15.6 Å². The van der Waals surface area contributed by atoms with Crippen molar-refractivity contribution in [3.05, 3.63) is 96.0 Å². The van der Waals surface area contributed by atoms with Crippen LogP contribution in [0.1, 0.15) is 18.5 Å². The Morgan fingerprint density at radius 1 is 1.03 bits per heavy atom. The van der Waals surface area contributed by atoms with Crippen molar-refractivity contribution < 1.29 is 4.79 Å². The maximum Gasteiger partial charge on any atom is 0.255 e. The Bertz CT molecular complexity index is 1340. The Morgan fingerprint density at radius 2 is 1.79 bits per heavy atom. The number of anilines is 3. The summed E-state index contributed by atoms with van der Waals surface area (Å²) in [4.78, 5) is 24.5. The van der Waals surface area contributed by atoms with Gasteiger partial charge >= 0.3 is 0 Å². The third-order valence-electron chi connectivity index (χ3n) is 5.77. The molecule has 8 heteroatoms. The molecule has 0 bridgehead atoms. The highest BCUT2D eigenvalue weighted by atomic mass is 16.1. The standard InChI is InChI=1S/C26H25N7O/c1-17-22(25(34)29-20-9-5-4-6-10-20)23(19-8-7-15-27-16-19)33-26(28-17)30-24(31-33)18-11-13-21(14-12-18)32(2)3/h4-16,23H,1-3H3,(H,29,34)(H,28,30,31). The van der Waals surface area contributed by atoms with Gasteiger partial charge in [-0.15, -0.1) is 5.10 Å². The SMILES string of the molecule is CC1=C(C(=O)Nc2ccccc2)C(c2cccnc2)n2nc(-c3ccc(N(C)C)cc3)nc2N1. The fourth-order valence-electron chi connectivity index (χ4n) is 4.04. The van der Waals surface area contributed by atoms with Gasteiger partial charge in [-0.25, -0.2) is 4.68 Å². The lowest BCUT2D eigenvalue weighted by atomic mass is 9.96. The van der Waals surface area contributed by atoms with Gasteiger partial charge in [0.2, 0.25) is 5.95 Å². The minimum Gasteiger partial charge on any atom is -0.378 e. The first-order valence-electron chi connectivity index (χ1n) is 11.0. The molecule has 1 aliphatic rings. The highest BCUT2D eigenvalue weighted by molar-refractivity contribution is 6.06. The molecule has 0 saturated carbocycles. The van der Waals surface area contributed by atoms with Crippen LogP contribution in [0.4, 0.5) is 17.3 Å². The van der Waals surface area contributed by atoms with E-state index in [0.717, 1.165) is 28.2 Å². The molecule has 4 aromatic rings. The van der Waals surface area contributed by atoms with Gasteiger partial charge in [-0.2, -0.15) is 4.98 Å². The van der Waals surface area contributed by atoms with Crippen LogP contribution in [0.3, 0.4) is 0 Å². The van der Waals surface area contributed by atoms with Crippen molar-refractivity contribution >= 4 is 23.2 Å². The number of para-hydroxylation sites is 1. The number of nitrogens with zero attached hydrogens (tertiary/aromatic N) is 5. The lowest BCUT2D eigenvalue weighted by Crippen LogP contribution is -2.31. The number of fused-ring (bicyclic) bond motifs is 1. The Balaban J connectivity index is 1.56. The molecule has 0 saturated heterocycles. The third kappa shape index (κ3) is 4.01. The van der Waals surface area contributed by atoms with Crippen LogP contribution in [0.25, 0.3) is 11.4 Å². The number of rotatable bonds is 5. The zero-order valence-electron chi connectivity index (χ0n) is 19.2. The molecule has 8 nitrogen and oxygen atoms in total. The Kier molecular flexibility index (Phi) is 5.55. The second-order valence-corrected chi connectivity index (χ2v) is 8.32. The molecule has 0 radical (unpaired) electrons. The second kappa shape index (κ2) is 8.82. The third-order valence-corrected chi connectivity index (χ3v) is 5.77. The van der Waals surface area contributed by atoms with Crippen LogP contribution in [0.5, 0.6) is 0 Å². The fourth-order valence-corrected chi connectivity index (χ4v) is 4.04. The summed E-state index contributed by atoms with van der Waals surface area (Å²) in [6.45, 7) is 1.88. The van der Waals surface area contributed by atoms with Crippen LogP contribution in [-0.4, -0.2) is 39.8 Å². The summed E-state index contributed by atoms with van der Waals surface area (Å²) >= 11 is 0. The summed E-state index contributed by atoms with van der Waals surface area (Å²) in [5.74, 6) is 0.955. The summed E-state index contributed by atoms with van der Waals surface area (Å²) in [5, 5.41) is 11.1. The van der Waals surface area contributed by atoms with Gasteiger partial charge in [0.15, 0.2) is 5.82 Å². The zero-order chi connectivity index (χ0) is 23.7. The Morgan fingerprint density at radius 3 is 2.47 bits per heavy atom. The molecule has 1 aliphatic heterocycles. The average Bonchev–Trinajstić information content (AvgIpc) is 3.28.